The number of rotatable bonds is 3. The Bertz CT molecular complexity index is 734. The highest BCUT2D eigenvalue weighted by atomic mass is 32.2. The molecule has 0 N–H and O–H groups in total. The highest BCUT2D eigenvalue weighted by molar-refractivity contribution is 7.83. The Labute approximate surface area is 114 Å². The van der Waals surface area contributed by atoms with Crippen LogP contribution in [0.15, 0.2) is 59.8 Å². The molecular weight excluding hydrogens is 256 g/mol. The van der Waals surface area contributed by atoms with E-state index in [1.807, 2.05) is 48.7 Å². The molecular formula is C15H14N2OS. The Hall–Kier alpha value is -1.94. The van der Waals surface area contributed by atoms with E-state index in [4.69, 9.17) is 0 Å². The first-order valence-corrected chi connectivity index (χ1v) is 7.34. The van der Waals surface area contributed by atoms with Gasteiger partial charge in [-0.15, -0.1) is 0 Å². The predicted molar refractivity (Wildman–Crippen MR) is 77.4 cm³/mol. The third-order valence-corrected chi connectivity index (χ3v) is 4.48. The molecule has 2 aromatic heterocycles. The van der Waals surface area contributed by atoms with Crippen molar-refractivity contribution in [2.24, 2.45) is 0 Å². The number of aromatic nitrogens is 2. The van der Waals surface area contributed by atoms with Crippen LogP contribution < -0.4 is 0 Å². The molecule has 0 aliphatic heterocycles. The van der Waals surface area contributed by atoms with Gasteiger partial charge in [0.25, 0.3) is 0 Å². The first kappa shape index (κ1) is 12.1. The third kappa shape index (κ3) is 2.08. The van der Waals surface area contributed by atoms with Crippen molar-refractivity contribution in [1.82, 2.24) is 8.96 Å². The molecule has 19 heavy (non-hydrogen) atoms. The summed E-state index contributed by atoms with van der Waals surface area (Å²) in [7, 11) is -1.25. The second kappa shape index (κ2) is 4.97. The molecule has 3 nitrogen and oxygen atoms in total. The van der Waals surface area contributed by atoms with Gasteiger partial charge in [0.15, 0.2) is 16.6 Å². The number of aryl methyl sites for hydroxylation is 1. The van der Waals surface area contributed by atoms with E-state index in [0.29, 0.717) is 0 Å². The molecule has 0 saturated carbocycles. The van der Waals surface area contributed by atoms with Gasteiger partial charge in [0.05, 0.1) is 4.90 Å². The van der Waals surface area contributed by atoms with Crippen molar-refractivity contribution in [2.45, 2.75) is 18.2 Å². The van der Waals surface area contributed by atoms with Gasteiger partial charge in [0.1, 0.15) is 0 Å². The Balaban J connectivity index is 2.14. The largest absolute Gasteiger partial charge is 0.246 e. The molecule has 0 bridgehead atoms. The molecule has 1 unspecified atom stereocenters. The molecule has 0 spiro atoms. The van der Waals surface area contributed by atoms with Crippen LogP contribution in [0.4, 0.5) is 0 Å². The summed E-state index contributed by atoms with van der Waals surface area (Å²) in [5.74, 6) is 0. The lowest BCUT2D eigenvalue weighted by atomic mass is 10.1. The summed E-state index contributed by atoms with van der Waals surface area (Å²) in [5, 5.41) is 1.08. The van der Waals surface area contributed by atoms with Crippen LogP contribution in [-0.4, -0.2) is 13.2 Å². The topological polar surface area (TPSA) is 34.9 Å². The smallest absolute Gasteiger partial charge is 0.158 e. The molecule has 4 heteroatoms. The molecule has 0 fully saturated rings. The summed E-state index contributed by atoms with van der Waals surface area (Å²) in [6.07, 6.45) is 4.57. The molecule has 2 heterocycles. The lowest BCUT2D eigenvalue weighted by Crippen LogP contribution is -2.04. The van der Waals surface area contributed by atoms with E-state index in [0.717, 1.165) is 22.3 Å². The fourth-order valence-corrected chi connectivity index (χ4v) is 3.25. The average molecular weight is 270 g/mol. The monoisotopic (exact) mass is 270 g/mol. The number of hydrogen-bond donors (Lipinski definition) is 0. The third-order valence-electron chi connectivity index (χ3n) is 3.15. The molecule has 1 atom stereocenters. The minimum atomic E-state index is -1.25. The molecule has 0 aliphatic carbocycles. The van der Waals surface area contributed by atoms with E-state index in [2.05, 4.69) is 11.9 Å². The lowest BCUT2D eigenvalue weighted by Gasteiger charge is -2.05. The number of hydrogen-bond acceptors (Lipinski definition) is 2. The van der Waals surface area contributed by atoms with Gasteiger partial charge in [0.2, 0.25) is 0 Å². The summed E-state index contributed by atoms with van der Waals surface area (Å²) < 4.78 is 14.3. The van der Waals surface area contributed by atoms with Gasteiger partial charge < -0.3 is 0 Å². The second-order valence-corrected chi connectivity index (χ2v) is 5.63. The molecule has 3 rings (SSSR count). The van der Waals surface area contributed by atoms with Gasteiger partial charge in [0, 0.05) is 17.8 Å². The van der Waals surface area contributed by atoms with E-state index in [9.17, 15) is 4.21 Å². The van der Waals surface area contributed by atoms with Gasteiger partial charge in [-0.3, -0.25) is 0 Å². The summed E-state index contributed by atoms with van der Waals surface area (Å²) in [5.41, 5.74) is 2.01. The van der Waals surface area contributed by atoms with Crippen LogP contribution in [-0.2, 0) is 17.4 Å². The van der Waals surface area contributed by atoms with Crippen LogP contribution in [0.25, 0.3) is 11.0 Å². The van der Waals surface area contributed by atoms with E-state index < -0.39 is 11.0 Å². The lowest BCUT2D eigenvalue weighted by molar-refractivity contribution is 0.678. The van der Waals surface area contributed by atoms with Crippen molar-refractivity contribution in [3.05, 3.63) is 60.4 Å². The van der Waals surface area contributed by atoms with Crippen molar-refractivity contribution in [3.8, 4) is 0 Å². The van der Waals surface area contributed by atoms with E-state index in [-0.39, 0.29) is 0 Å². The van der Waals surface area contributed by atoms with Crippen molar-refractivity contribution >= 4 is 22.0 Å². The van der Waals surface area contributed by atoms with Crippen LogP contribution >= 0.6 is 0 Å². The fourth-order valence-electron chi connectivity index (χ4n) is 2.16. The number of benzene rings is 1. The Kier molecular flexibility index (Phi) is 3.17. The normalized spacial score (nSPS) is 12.7. The van der Waals surface area contributed by atoms with E-state index >= 15 is 0 Å². The highest BCUT2D eigenvalue weighted by Crippen LogP contribution is 2.21. The summed E-state index contributed by atoms with van der Waals surface area (Å²) in [6.45, 7) is 2.11. The summed E-state index contributed by atoms with van der Waals surface area (Å²) >= 11 is 0. The number of fused-ring (bicyclic) bond motifs is 1. The minimum Gasteiger partial charge on any atom is -0.246 e. The second-order valence-electron chi connectivity index (χ2n) is 4.26. The highest BCUT2D eigenvalue weighted by Gasteiger charge is 2.11. The number of nitrogens with zero attached hydrogens (tertiary/aromatic N) is 2. The van der Waals surface area contributed by atoms with Crippen LogP contribution in [0.2, 0.25) is 0 Å². The summed E-state index contributed by atoms with van der Waals surface area (Å²) in [4.78, 5) is 5.15. The van der Waals surface area contributed by atoms with Gasteiger partial charge in [-0.1, -0.05) is 25.1 Å². The van der Waals surface area contributed by atoms with Crippen LogP contribution in [0.1, 0.15) is 12.5 Å². The zero-order chi connectivity index (χ0) is 13.2. The van der Waals surface area contributed by atoms with Crippen LogP contribution in [0.3, 0.4) is 0 Å². The van der Waals surface area contributed by atoms with Crippen molar-refractivity contribution in [2.75, 3.05) is 0 Å². The predicted octanol–water partition coefficient (Wildman–Crippen LogP) is 3.17. The molecule has 96 valence electrons. The molecule has 0 amide bonds. The average Bonchev–Trinajstić information content (AvgIpc) is 2.91. The summed E-state index contributed by atoms with van der Waals surface area (Å²) in [6, 6.07) is 13.4. The zero-order valence-electron chi connectivity index (χ0n) is 10.6. The molecule has 0 radical (unpaired) electrons. The van der Waals surface area contributed by atoms with E-state index in [1.54, 1.807) is 10.2 Å². The van der Waals surface area contributed by atoms with Crippen molar-refractivity contribution in [3.63, 3.8) is 0 Å². The Morgan fingerprint density at radius 1 is 1.16 bits per heavy atom. The zero-order valence-corrected chi connectivity index (χ0v) is 11.4. The maximum Gasteiger partial charge on any atom is 0.158 e. The Morgan fingerprint density at radius 2 is 1.95 bits per heavy atom. The standard InChI is InChI=1S/C15H14N2OS/c1-2-12-8-10-16-15-14(12)9-11-17(15)19(18)13-6-4-3-5-7-13/h3-11H,2H2,1H3. The van der Waals surface area contributed by atoms with E-state index in [1.165, 1.54) is 5.56 Å². The minimum absolute atomic E-state index is 0.779. The maximum atomic E-state index is 12.6. The van der Waals surface area contributed by atoms with Crippen LogP contribution in [0.5, 0.6) is 0 Å². The van der Waals surface area contributed by atoms with Gasteiger partial charge in [-0.05, 0) is 36.2 Å². The number of pyridine rings is 1. The SMILES string of the molecule is CCc1ccnc2c1ccn2S(=O)c1ccccc1. The fraction of sp³-hybridized carbons (Fsp3) is 0.133. The Morgan fingerprint density at radius 3 is 2.68 bits per heavy atom. The molecule has 0 saturated heterocycles. The quantitative estimate of drug-likeness (QED) is 0.732. The van der Waals surface area contributed by atoms with Gasteiger partial charge in [-0.25, -0.2) is 13.2 Å². The molecule has 0 aliphatic rings. The maximum absolute atomic E-state index is 12.6. The molecule has 3 aromatic rings. The first-order chi connectivity index (χ1) is 9.31. The van der Waals surface area contributed by atoms with Crippen molar-refractivity contribution < 1.29 is 4.21 Å². The molecule has 1 aromatic carbocycles. The van der Waals surface area contributed by atoms with Crippen LogP contribution in [0, 0.1) is 0 Å². The first-order valence-electron chi connectivity index (χ1n) is 6.23. The van der Waals surface area contributed by atoms with Gasteiger partial charge >= 0.3 is 0 Å². The van der Waals surface area contributed by atoms with Crippen molar-refractivity contribution in [1.29, 1.82) is 0 Å². The van der Waals surface area contributed by atoms with Gasteiger partial charge in [-0.2, -0.15) is 0 Å².